The minimum atomic E-state index is -0.154. The fourth-order valence-corrected chi connectivity index (χ4v) is 4.18. The highest BCUT2D eigenvalue weighted by Crippen LogP contribution is 2.15. The zero-order chi connectivity index (χ0) is 22.5. The first kappa shape index (κ1) is 21.7. The number of hydrogen-bond acceptors (Lipinski definition) is 3. The minimum Gasteiger partial charge on any atom is -0.339 e. The van der Waals surface area contributed by atoms with E-state index in [1.807, 2.05) is 61.5 Å². The van der Waals surface area contributed by atoms with E-state index < -0.39 is 0 Å². The van der Waals surface area contributed by atoms with E-state index in [0.717, 1.165) is 23.1 Å². The number of amides is 3. The number of carbonyl (C=O) groups is 2. The van der Waals surface area contributed by atoms with Gasteiger partial charge in [0.2, 0.25) is 5.91 Å². The molecule has 8 heteroatoms. The van der Waals surface area contributed by atoms with Crippen LogP contribution in [0.1, 0.15) is 19.8 Å². The largest absolute Gasteiger partial charge is 0.339 e. The minimum absolute atomic E-state index is 0.00680. The van der Waals surface area contributed by atoms with Crippen LogP contribution in [0.5, 0.6) is 0 Å². The van der Waals surface area contributed by atoms with E-state index in [1.54, 1.807) is 18.9 Å². The van der Waals surface area contributed by atoms with Crippen molar-refractivity contribution in [3.05, 3.63) is 65.1 Å². The Morgan fingerprint density at radius 1 is 0.812 bits per heavy atom. The number of anilines is 1. The fraction of sp³-hybridized carbons (Fsp3) is 0.375. The molecule has 1 fully saturated rings. The summed E-state index contributed by atoms with van der Waals surface area (Å²) in [4.78, 5) is 41.6. The Hall–Kier alpha value is -3.55. The van der Waals surface area contributed by atoms with Crippen LogP contribution in [0.2, 0.25) is 0 Å². The monoisotopic (exact) mass is 435 g/mol. The van der Waals surface area contributed by atoms with E-state index in [2.05, 4.69) is 5.32 Å². The second-order valence-electron chi connectivity index (χ2n) is 7.99. The van der Waals surface area contributed by atoms with E-state index in [9.17, 15) is 14.4 Å². The molecule has 32 heavy (non-hydrogen) atoms. The molecule has 0 radical (unpaired) electrons. The number of piperazine rings is 1. The third-order valence-electron chi connectivity index (χ3n) is 5.87. The molecule has 3 amide bonds. The van der Waals surface area contributed by atoms with Crippen molar-refractivity contribution in [3.63, 3.8) is 0 Å². The molecule has 0 atom stereocenters. The third-order valence-corrected chi connectivity index (χ3v) is 5.87. The summed E-state index contributed by atoms with van der Waals surface area (Å²) in [5, 5.41) is 2.88. The topological polar surface area (TPSA) is 79.6 Å². The summed E-state index contributed by atoms with van der Waals surface area (Å²) in [6.45, 7) is 5.01. The van der Waals surface area contributed by atoms with E-state index in [4.69, 9.17) is 0 Å². The van der Waals surface area contributed by atoms with Gasteiger partial charge in [0.15, 0.2) is 0 Å². The summed E-state index contributed by atoms with van der Waals surface area (Å²) in [5.41, 5.74) is 2.46. The predicted molar refractivity (Wildman–Crippen MR) is 125 cm³/mol. The molecule has 0 saturated carbocycles. The molecule has 8 nitrogen and oxygen atoms in total. The molecule has 1 N–H and O–H groups in total. The third kappa shape index (κ3) is 4.54. The van der Waals surface area contributed by atoms with Crippen LogP contribution in [-0.4, -0.2) is 57.1 Å². The molecule has 2 heterocycles. The molecule has 0 bridgehead atoms. The van der Waals surface area contributed by atoms with Crippen molar-refractivity contribution in [1.82, 2.24) is 18.9 Å². The van der Waals surface area contributed by atoms with Crippen LogP contribution < -0.4 is 11.0 Å². The summed E-state index contributed by atoms with van der Waals surface area (Å²) < 4.78 is 3.48. The highest BCUT2D eigenvalue weighted by molar-refractivity contribution is 5.89. The molecule has 1 saturated heterocycles. The van der Waals surface area contributed by atoms with Crippen molar-refractivity contribution in [2.24, 2.45) is 0 Å². The first-order valence-electron chi connectivity index (χ1n) is 11.2. The van der Waals surface area contributed by atoms with Gasteiger partial charge in [0.1, 0.15) is 0 Å². The molecule has 4 rings (SSSR count). The standard InChI is InChI=1S/C24H29N5O3/c1-2-13-28-20-10-6-7-11-21(20)29(24(28)32)14-12-22(30)26-15-17-27(18-16-26)23(31)25-19-8-4-3-5-9-19/h3-11H,2,12-18H2,1H3,(H,25,31). The molecular weight excluding hydrogens is 406 g/mol. The molecule has 0 unspecified atom stereocenters. The first-order valence-corrected chi connectivity index (χ1v) is 11.2. The van der Waals surface area contributed by atoms with Crippen LogP contribution in [0.3, 0.4) is 0 Å². The predicted octanol–water partition coefficient (Wildman–Crippen LogP) is 2.98. The lowest BCUT2D eigenvalue weighted by Crippen LogP contribution is -2.51. The van der Waals surface area contributed by atoms with Gasteiger partial charge in [-0.25, -0.2) is 9.59 Å². The number of hydrogen-bond donors (Lipinski definition) is 1. The van der Waals surface area contributed by atoms with Crippen molar-refractivity contribution in [1.29, 1.82) is 0 Å². The van der Waals surface area contributed by atoms with Crippen molar-refractivity contribution < 1.29 is 9.59 Å². The average molecular weight is 436 g/mol. The van der Waals surface area contributed by atoms with Gasteiger partial charge in [0.25, 0.3) is 0 Å². The highest BCUT2D eigenvalue weighted by atomic mass is 16.2. The number of nitrogens with one attached hydrogen (secondary N) is 1. The maximum absolute atomic E-state index is 12.9. The molecule has 0 spiro atoms. The first-order chi connectivity index (χ1) is 15.6. The quantitative estimate of drug-likeness (QED) is 0.647. The van der Waals surface area contributed by atoms with Crippen LogP contribution in [0.15, 0.2) is 59.4 Å². The number of fused-ring (bicyclic) bond motifs is 1. The summed E-state index contributed by atoms with van der Waals surface area (Å²) in [7, 11) is 0. The normalized spacial score (nSPS) is 14.0. The lowest BCUT2D eigenvalue weighted by molar-refractivity contribution is -0.132. The van der Waals surface area contributed by atoms with Crippen molar-refractivity contribution >= 4 is 28.7 Å². The van der Waals surface area contributed by atoms with Gasteiger partial charge in [0, 0.05) is 51.4 Å². The van der Waals surface area contributed by atoms with Gasteiger partial charge in [-0.05, 0) is 30.7 Å². The van der Waals surface area contributed by atoms with Crippen molar-refractivity contribution in [2.45, 2.75) is 32.9 Å². The van der Waals surface area contributed by atoms with Crippen LogP contribution in [0.4, 0.5) is 10.5 Å². The number of para-hydroxylation sites is 3. The van der Waals surface area contributed by atoms with E-state index in [0.29, 0.717) is 39.3 Å². The molecular formula is C24H29N5O3. The van der Waals surface area contributed by atoms with E-state index in [1.165, 1.54) is 0 Å². The summed E-state index contributed by atoms with van der Waals surface area (Å²) in [5.74, 6) is 0.00680. The average Bonchev–Trinajstić information content (AvgIpc) is 3.09. The van der Waals surface area contributed by atoms with Gasteiger partial charge in [0.05, 0.1) is 11.0 Å². The Morgan fingerprint density at radius 2 is 1.38 bits per heavy atom. The fourth-order valence-electron chi connectivity index (χ4n) is 4.18. The maximum Gasteiger partial charge on any atom is 0.329 e. The number of aryl methyl sites for hydroxylation is 2. The smallest absolute Gasteiger partial charge is 0.329 e. The Morgan fingerprint density at radius 3 is 2.00 bits per heavy atom. The molecule has 1 aliphatic rings. The molecule has 2 aromatic carbocycles. The molecule has 3 aromatic rings. The molecule has 1 aromatic heterocycles. The molecule has 0 aliphatic carbocycles. The van der Waals surface area contributed by atoms with Crippen LogP contribution in [-0.2, 0) is 17.9 Å². The Kier molecular flexibility index (Phi) is 6.58. The molecule has 168 valence electrons. The number of benzene rings is 2. The van der Waals surface area contributed by atoms with Crippen LogP contribution in [0, 0.1) is 0 Å². The Balaban J connectivity index is 1.34. The van der Waals surface area contributed by atoms with Gasteiger partial charge in [-0.2, -0.15) is 0 Å². The number of urea groups is 1. The maximum atomic E-state index is 12.9. The second-order valence-corrected chi connectivity index (χ2v) is 7.99. The Bertz CT molecular complexity index is 1140. The number of nitrogens with zero attached hydrogens (tertiary/aromatic N) is 4. The van der Waals surface area contributed by atoms with Gasteiger partial charge in [-0.1, -0.05) is 37.3 Å². The van der Waals surface area contributed by atoms with E-state index >= 15 is 0 Å². The van der Waals surface area contributed by atoms with Crippen LogP contribution >= 0.6 is 0 Å². The van der Waals surface area contributed by atoms with Gasteiger partial charge < -0.3 is 15.1 Å². The zero-order valence-electron chi connectivity index (χ0n) is 18.4. The summed E-state index contributed by atoms with van der Waals surface area (Å²) in [6.07, 6.45) is 1.13. The number of aromatic nitrogens is 2. The number of imidazole rings is 1. The SMILES string of the molecule is CCCn1c(=O)n(CCC(=O)N2CCN(C(=O)Nc3ccccc3)CC2)c2ccccc21. The number of carbonyl (C=O) groups excluding carboxylic acids is 2. The lowest BCUT2D eigenvalue weighted by Gasteiger charge is -2.34. The lowest BCUT2D eigenvalue weighted by atomic mass is 10.2. The van der Waals surface area contributed by atoms with Crippen molar-refractivity contribution in [2.75, 3.05) is 31.5 Å². The zero-order valence-corrected chi connectivity index (χ0v) is 18.4. The second kappa shape index (κ2) is 9.72. The summed E-state index contributed by atoms with van der Waals surface area (Å²) >= 11 is 0. The van der Waals surface area contributed by atoms with Crippen LogP contribution in [0.25, 0.3) is 11.0 Å². The van der Waals surface area contributed by atoms with Gasteiger partial charge in [-0.15, -0.1) is 0 Å². The highest BCUT2D eigenvalue weighted by Gasteiger charge is 2.24. The number of rotatable bonds is 6. The molecule has 1 aliphatic heterocycles. The van der Waals surface area contributed by atoms with Gasteiger partial charge >= 0.3 is 11.7 Å². The van der Waals surface area contributed by atoms with Gasteiger partial charge in [-0.3, -0.25) is 13.9 Å². The van der Waals surface area contributed by atoms with Crippen molar-refractivity contribution in [3.8, 4) is 0 Å². The summed E-state index contributed by atoms with van der Waals surface area (Å²) in [6, 6.07) is 16.9. The van der Waals surface area contributed by atoms with E-state index in [-0.39, 0.29) is 24.0 Å². The Labute approximate surface area is 187 Å².